The molecule has 0 radical (unpaired) electrons. The van der Waals surface area contributed by atoms with Crippen LogP contribution >= 0.6 is 23.2 Å². The lowest BCUT2D eigenvalue weighted by molar-refractivity contribution is 0.101. The van der Waals surface area contributed by atoms with Crippen LogP contribution in [-0.2, 0) is 19.5 Å². The lowest BCUT2D eigenvalue weighted by atomic mass is 10.1. The Morgan fingerprint density at radius 3 is 2.57 bits per heavy atom. The highest BCUT2D eigenvalue weighted by atomic mass is 35.5. The average Bonchev–Trinajstić information content (AvgIpc) is 3.10. The summed E-state index contributed by atoms with van der Waals surface area (Å²) in [4.78, 5) is 12.0. The molecule has 1 aromatic heterocycles. The summed E-state index contributed by atoms with van der Waals surface area (Å²) in [5, 5.41) is 9.29. The molecule has 30 heavy (non-hydrogen) atoms. The zero-order chi connectivity index (χ0) is 21.5. The van der Waals surface area contributed by atoms with E-state index in [2.05, 4.69) is 34.3 Å². The number of Topliss-reactive ketones (excluding diaryl/α,β-unsaturated/α-hetero) is 1. The molecule has 6 heteroatoms. The van der Waals surface area contributed by atoms with Gasteiger partial charge in [-0.25, -0.2) is 0 Å². The quantitative estimate of drug-likeness (QED) is 0.303. The van der Waals surface area contributed by atoms with Crippen LogP contribution in [0.3, 0.4) is 0 Å². The number of hydrogen-bond donors (Lipinski definition) is 2. The van der Waals surface area contributed by atoms with Gasteiger partial charge in [0.05, 0.1) is 5.52 Å². The molecule has 0 fully saturated rings. The van der Waals surface area contributed by atoms with Gasteiger partial charge in [0.1, 0.15) is 0 Å². The van der Waals surface area contributed by atoms with Gasteiger partial charge in [0.25, 0.3) is 0 Å². The van der Waals surface area contributed by atoms with Crippen molar-refractivity contribution in [2.24, 2.45) is 0 Å². The molecule has 160 valence electrons. The number of para-hydroxylation sites is 1. The van der Waals surface area contributed by atoms with Gasteiger partial charge < -0.3 is 15.2 Å². The third-order valence-corrected chi connectivity index (χ3v) is 5.89. The van der Waals surface area contributed by atoms with Gasteiger partial charge in [-0.2, -0.15) is 0 Å². The van der Waals surface area contributed by atoms with Crippen molar-refractivity contribution >= 4 is 39.9 Å². The van der Waals surface area contributed by atoms with Gasteiger partial charge in [0.2, 0.25) is 0 Å². The molecular formula is C24H29Cl2N3O. The largest absolute Gasteiger partial charge is 0.346 e. The van der Waals surface area contributed by atoms with Crippen molar-refractivity contribution in [1.82, 2.24) is 15.2 Å². The Balaban J connectivity index is 1.44. The number of hydrogen-bond acceptors (Lipinski definition) is 3. The average molecular weight is 446 g/mol. The van der Waals surface area contributed by atoms with Gasteiger partial charge in [-0.3, -0.25) is 4.79 Å². The number of nitrogens with zero attached hydrogens (tertiary/aromatic N) is 1. The van der Waals surface area contributed by atoms with Crippen molar-refractivity contribution in [3.63, 3.8) is 0 Å². The van der Waals surface area contributed by atoms with Crippen molar-refractivity contribution in [2.45, 2.75) is 39.8 Å². The van der Waals surface area contributed by atoms with E-state index in [-0.39, 0.29) is 5.78 Å². The van der Waals surface area contributed by atoms with Crippen LogP contribution in [-0.4, -0.2) is 30.0 Å². The number of rotatable bonds is 11. The van der Waals surface area contributed by atoms with Crippen molar-refractivity contribution < 1.29 is 4.79 Å². The first kappa shape index (κ1) is 22.8. The zero-order valence-electron chi connectivity index (χ0n) is 17.6. The Bertz CT molecular complexity index is 1010. The van der Waals surface area contributed by atoms with Gasteiger partial charge in [0.15, 0.2) is 5.78 Å². The number of halogens is 2. The zero-order valence-corrected chi connectivity index (χ0v) is 19.1. The summed E-state index contributed by atoms with van der Waals surface area (Å²) in [6, 6.07) is 11.8. The van der Waals surface area contributed by atoms with E-state index in [4.69, 9.17) is 23.2 Å². The van der Waals surface area contributed by atoms with E-state index >= 15 is 0 Å². The fourth-order valence-corrected chi connectivity index (χ4v) is 4.22. The van der Waals surface area contributed by atoms with Gasteiger partial charge in [-0.1, -0.05) is 54.4 Å². The first-order chi connectivity index (χ1) is 14.5. The van der Waals surface area contributed by atoms with Crippen LogP contribution in [0.5, 0.6) is 0 Å². The molecule has 0 saturated heterocycles. The molecule has 0 unspecified atom stereocenters. The molecule has 0 aliphatic rings. The molecule has 0 aliphatic heterocycles. The van der Waals surface area contributed by atoms with E-state index in [1.54, 1.807) is 13.0 Å². The van der Waals surface area contributed by atoms with Crippen molar-refractivity contribution in [1.29, 1.82) is 0 Å². The normalized spacial score (nSPS) is 11.3. The summed E-state index contributed by atoms with van der Waals surface area (Å²) in [5.74, 6) is 0.122. The predicted molar refractivity (Wildman–Crippen MR) is 127 cm³/mol. The van der Waals surface area contributed by atoms with Gasteiger partial charge in [-0.05, 0) is 49.6 Å². The summed E-state index contributed by atoms with van der Waals surface area (Å²) in [7, 11) is 0. The summed E-state index contributed by atoms with van der Waals surface area (Å²) < 4.78 is 2.24. The van der Waals surface area contributed by atoms with E-state index in [1.807, 2.05) is 24.4 Å². The second-order valence-corrected chi connectivity index (χ2v) is 8.32. The van der Waals surface area contributed by atoms with Crippen molar-refractivity contribution in [3.05, 3.63) is 69.3 Å². The number of nitrogens with one attached hydrogen (secondary N) is 2. The molecule has 0 spiro atoms. The van der Waals surface area contributed by atoms with Gasteiger partial charge >= 0.3 is 0 Å². The molecule has 2 N–H and O–H groups in total. The van der Waals surface area contributed by atoms with E-state index in [1.165, 1.54) is 11.1 Å². The molecule has 0 saturated carbocycles. The maximum Gasteiger partial charge on any atom is 0.161 e. The lowest BCUT2D eigenvalue weighted by Gasteiger charge is -2.10. The van der Waals surface area contributed by atoms with E-state index < -0.39 is 0 Å². The van der Waals surface area contributed by atoms with Crippen LogP contribution < -0.4 is 10.6 Å². The number of carbonyl (C=O) groups is 1. The molecule has 3 rings (SSSR count). The first-order valence-electron chi connectivity index (χ1n) is 10.5. The number of aryl methyl sites for hydroxylation is 2. The molecule has 2 aromatic carbocycles. The summed E-state index contributed by atoms with van der Waals surface area (Å²) in [6.07, 6.45) is 3.98. The second kappa shape index (κ2) is 11.0. The number of fused-ring (bicyclic) bond motifs is 1. The maximum atomic E-state index is 12.0. The summed E-state index contributed by atoms with van der Waals surface area (Å²) in [5.41, 5.74) is 4.36. The Labute approximate surface area is 188 Å². The fraction of sp³-hybridized carbons (Fsp3) is 0.375. The van der Waals surface area contributed by atoms with Gasteiger partial charge in [-0.15, -0.1) is 0 Å². The van der Waals surface area contributed by atoms with Crippen LogP contribution in [0.2, 0.25) is 10.0 Å². The van der Waals surface area contributed by atoms with Crippen molar-refractivity contribution in [2.75, 3.05) is 19.6 Å². The van der Waals surface area contributed by atoms with Crippen molar-refractivity contribution in [3.8, 4) is 0 Å². The minimum absolute atomic E-state index is 0.122. The van der Waals surface area contributed by atoms with E-state index in [9.17, 15) is 4.79 Å². The number of carbonyl (C=O) groups excluding carboxylic acids is 1. The minimum atomic E-state index is 0.122. The molecule has 0 amide bonds. The molecule has 1 heterocycles. The van der Waals surface area contributed by atoms with Crippen LogP contribution in [0, 0.1) is 0 Å². The number of ketones is 1. The third kappa shape index (κ3) is 5.64. The molecule has 4 nitrogen and oxygen atoms in total. The Hall–Kier alpha value is -1.85. The smallest absolute Gasteiger partial charge is 0.161 e. The Kier molecular flexibility index (Phi) is 8.34. The van der Waals surface area contributed by atoms with Crippen LogP contribution in [0.25, 0.3) is 10.9 Å². The maximum absolute atomic E-state index is 12.0. The minimum Gasteiger partial charge on any atom is -0.346 e. The van der Waals surface area contributed by atoms with Crippen LogP contribution in [0.1, 0.15) is 41.8 Å². The topological polar surface area (TPSA) is 46.1 Å². The molecule has 0 aliphatic carbocycles. The number of aromatic nitrogens is 1. The van der Waals surface area contributed by atoms with E-state index in [0.717, 1.165) is 62.1 Å². The highest BCUT2D eigenvalue weighted by molar-refractivity contribution is 6.35. The molecule has 0 bridgehead atoms. The lowest BCUT2D eigenvalue weighted by Crippen LogP contribution is -2.28. The monoisotopic (exact) mass is 445 g/mol. The third-order valence-electron chi connectivity index (χ3n) is 5.30. The fourth-order valence-electron chi connectivity index (χ4n) is 3.74. The Morgan fingerprint density at radius 2 is 1.83 bits per heavy atom. The SMILES string of the molecule is CCc1cccc2c(C(C)=O)cn(CCCNCCNCc3ccc(Cl)cc3Cl)c12. The molecular weight excluding hydrogens is 417 g/mol. The Morgan fingerprint density at radius 1 is 1.03 bits per heavy atom. The molecule has 3 aromatic rings. The summed E-state index contributed by atoms with van der Waals surface area (Å²) >= 11 is 12.1. The van der Waals surface area contributed by atoms with Crippen LogP contribution in [0.4, 0.5) is 0 Å². The van der Waals surface area contributed by atoms with Gasteiger partial charge in [0, 0.05) is 53.4 Å². The second-order valence-electron chi connectivity index (χ2n) is 7.48. The highest BCUT2D eigenvalue weighted by Crippen LogP contribution is 2.26. The molecule has 0 atom stereocenters. The first-order valence-corrected chi connectivity index (χ1v) is 11.2. The standard InChI is InChI=1S/C24H29Cl2N3O/c1-3-18-6-4-7-21-22(17(2)30)16-29(24(18)21)13-5-10-27-11-12-28-15-19-8-9-20(25)14-23(19)26/h4,6-9,14,16,27-28H,3,5,10-13,15H2,1-2H3. The number of benzene rings is 2. The highest BCUT2D eigenvalue weighted by Gasteiger charge is 2.14. The summed E-state index contributed by atoms with van der Waals surface area (Å²) in [6.45, 7) is 8.08. The van der Waals surface area contributed by atoms with E-state index in [0.29, 0.717) is 10.0 Å². The predicted octanol–water partition coefficient (Wildman–Crippen LogP) is 5.48. The van der Waals surface area contributed by atoms with Crippen LogP contribution in [0.15, 0.2) is 42.6 Å².